The number of nitrogens with zero attached hydrogens (tertiary/aromatic N) is 2. The van der Waals surface area contributed by atoms with Crippen LogP contribution in [0.4, 0.5) is 5.69 Å². The van der Waals surface area contributed by atoms with Gasteiger partial charge >= 0.3 is 0 Å². The van der Waals surface area contributed by atoms with Gasteiger partial charge in [-0.25, -0.2) is 5.10 Å². The van der Waals surface area contributed by atoms with E-state index >= 15 is 0 Å². The van der Waals surface area contributed by atoms with Gasteiger partial charge in [-0.3, -0.25) is 19.7 Å². The van der Waals surface area contributed by atoms with Crippen LogP contribution in [0.3, 0.4) is 0 Å². The average molecular weight is 361 g/mol. The minimum Gasteiger partial charge on any atom is -0.453 e. The molecule has 4 rings (SSSR count). The molecule has 0 fully saturated rings. The van der Waals surface area contributed by atoms with E-state index in [-0.39, 0.29) is 28.3 Å². The number of fused-ring (bicyclic) bond motifs is 1. The molecule has 1 N–H and O–H groups in total. The van der Waals surface area contributed by atoms with Crippen LogP contribution < -0.4 is 5.56 Å². The molecule has 0 unspecified atom stereocenters. The summed E-state index contributed by atoms with van der Waals surface area (Å²) in [6.45, 7) is 0. The molecular weight excluding hydrogens is 350 g/mol. The molecule has 0 radical (unpaired) electrons. The number of nitro benzene ring substituents is 1. The van der Waals surface area contributed by atoms with Gasteiger partial charge in [0.25, 0.3) is 11.2 Å². The van der Waals surface area contributed by atoms with Gasteiger partial charge in [-0.15, -0.1) is 0 Å². The van der Waals surface area contributed by atoms with E-state index in [0.29, 0.717) is 28.3 Å². The lowest BCUT2D eigenvalue weighted by Crippen LogP contribution is -2.09. The second kappa shape index (κ2) is 6.34. The monoisotopic (exact) mass is 361 g/mol. The van der Waals surface area contributed by atoms with Crippen LogP contribution >= 0.6 is 0 Å². The van der Waals surface area contributed by atoms with Crippen molar-refractivity contribution in [2.75, 3.05) is 0 Å². The SMILES string of the molecule is O=Cc1ccc(-c2ccc(-c3n[nH]c(=O)c4ccccc34)cc2[N+](=O)[O-])o1. The van der Waals surface area contributed by atoms with Crippen molar-refractivity contribution >= 4 is 22.7 Å². The fourth-order valence-corrected chi connectivity index (χ4v) is 2.93. The van der Waals surface area contributed by atoms with Crippen molar-refractivity contribution in [2.45, 2.75) is 0 Å². The highest BCUT2D eigenvalue weighted by Gasteiger charge is 2.21. The zero-order valence-corrected chi connectivity index (χ0v) is 13.7. The van der Waals surface area contributed by atoms with Gasteiger partial charge in [0.2, 0.25) is 0 Å². The van der Waals surface area contributed by atoms with Crippen molar-refractivity contribution in [2.24, 2.45) is 0 Å². The average Bonchev–Trinajstić information content (AvgIpc) is 3.17. The predicted molar refractivity (Wildman–Crippen MR) is 97.5 cm³/mol. The van der Waals surface area contributed by atoms with Crippen LogP contribution in [0.2, 0.25) is 0 Å². The van der Waals surface area contributed by atoms with Gasteiger partial charge in [-0.1, -0.05) is 24.3 Å². The topological polar surface area (TPSA) is 119 Å². The van der Waals surface area contributed by atoms with Gasteiger partial charge < -0.3 is 4.42 Å². The highest BCUT2D eigenvalue weighted by molar-refractivity contribution is 5.94. The Bertz CT molecular complexity index is 1260. The molecule has 2 heterocycles. The largest absolute Gasteiger partial charge is 0.453 e. The Labute approximate surface area is 151 Å². The molecule has 0 saturated carbocycles. The summed E-state index contributed by atoms with van der Waals surface area (Å²) >= 11 is 0. The first-order chi connectivity index (χ1) is 13.1. The molecule has 0 saturated heterocycles. The first-order valence-corrected chi connectivity index (χ1v) is 7.90. The van der Waals surface area contributed by atoms with E-state index in [1.165, 1.54) is 24.3 Å². The van der Waals surface area contributed by atoms with Crippen LogP contribution in [-0.2, 0) is 0 Å². The van der Waals surface area contributed by atoms with Crippen LogP contribution in [0.15, 0.2) is 63.8 Å². The summed E-state index contributed by atoms with van der Waals surface area (Å²) in [5, 5.41) is 19.1. The lowest BCUT2D eigenvalue weighted by molar-refractivity contribution is -0.384. The van der Waals surface area contributed by atoms with Crippen molar-refractivity contribution in [1.29, 1.82) is 0 Å². The number of aromatic nitrogens is 2. The molecule has 4 aromatic rings. The Morgan fingerprint density at radius 3 is 2.56 bits per heavy atom. The number of nitro groups is 1. The lowest BCUT2D eigenvalue weighted by Gasteiger charge is -2.07. The number of rotatable bonds is 4. The Balaban J connectivity index is 1.93. The minimum absolute atomic E-state index is 0.0802. The predicted octanol–water partition coefficient (Wildman–Crippen LogP) is 3.57. The number of carbonyl (C=O) groups excluding carboxylic acids is 1. The second-order valence-electron chi connectivity index (χ2n) is 5.76. The molecule has 132 valence electrons. The van der Waals surface area contributed by atoms with Crippen LogP contribution in [-0.4, -0.2) is 21.4 Å². The maximum absolute atomic E-state index is 11.9. The van der Waals surface area contributed by atoms with Gasteiger partial charge in [0.05, 0.1) is 21.6 Å². The summed E-state index contributed by atoms with van der Waals surface area (Å²) in [6, 6.07) is 14.4. The van der Waals surface area contributed by atoms with Gasteiger partial charge in [-0.2, -0.15) is 5.10 Å². The summed E-state index contributed by atoms with van der Waals surface area (Å²) in [4.78, 5) is 33.8. The third-order valence-corrected chi connectivity index (χ3v) is 4.17. The zero-order chi connectivity index (χ0) is 19.0. The van der Waals surface area contributed by atoms with Gasteiger partial charge in [0, 0.05) is 17.0 Å². The number of aromatic amines is 1. The number of aldehydes is 1. The van der Waals surface area contributed by atoms with E-state index in [1.54, 1.807) is 30.3 Å². The summed E-state index contributed by atoms with van der Waals surface area (Å²) in [5.41, 5.74) is 0.604. The molecule has 0 bridgehead atoms. The first-order valence-electron chi connectivity index (χ1n) is 7.90. The highest BCUT2D eigenvalue weighted by Crippen LogP contribution is 2.35. The molecule has 2 aromatic carbocycles. The molecule has 8 heteroatoms. The molecule has 2 aromatic heterocycles. The Hall–Kier alpha value is -4.07. The fourth-order valence-electron chi connectivity index (χ4n) is 2.93. The van der Waals surface area contributed by atoms with E-state index in [9.17, 15) is 19.7 Å². The molecule has 0 aliphatic heterocycles. The van der Waals surface area contributed by atoms with Crippen molar-refractivity contribution in [3.8, 4) is 22.6 Å². The number of carbonyl (C=O) groups is 1. The van der Waals surface area contributed by atoms with Crippen LogP contribution in [0.5, 0.6) is 0 Å². The van der Waals surface area contributed by atoms with Crippen LogP contribution in [0.25, 0.3) is 33.4 Å². The molecule has 0 atom stereocenters. The molecule has 0 spiro atoms. The summed E-state index contributed by atoms with van der Waals surface area (Å²) < 4.78 is 5.31. The smallest absolute Gasteiger partial charge is 0.281 e. The first kappa shape index (κ1) is 16.4. The molecule has 0 amide bonds. The van der Waals surface area contributed by atoms with E-state index in [0.717, 1.165) is 0 Å². The minimum atomic E-state index is -0.532. The molecule has 0 aliphatic rings. The third-order valence-electron chi connectivity index (χ3n) is 4.17. The zero-order valence-electron chi connectivity index (χ0n) is 13.7. The summed E-state index contributed by atoms with van der Waals surface area (Å²) in [7, 11) is 0. The Kier molecular flexibility index (Phi) is 3.85. The molecule has 8 nitrogen and oxygen atoms in total. The van der Waals surface area contributed by atoms with Crippen LogP contribution in [0.1, 0.15) is 10.6 Å². The van der Waals surface area contributed by atoms with Crippen LogP contribution in [0, 0.1) is 10.1 Å². The molecule has 27 heavy (non-hydrogen) atoms. The van der Waals surface area contributed by atoms with Crippen molar-refractivity contribution in [3.63, 3.8) is 0 Å². The molecular formula is C19H11N3O5. The second-order valence-corrected chi connectivity index (χ2v) is 5.76. The maximum Gasteiger partial charge on any atom is 0.281 e. The maximum atomic E-state index is 11.9. The Morgan fingerprint density at radius 1 is 1.07 bits per heavy atom. The van der Waals surface area contributed by atoms with Gasteiger partial charge in [0.1, 0.15) is 5.76 Å². The number of nitrogens with one attached hydrogen (secondary N) is 1. The van der Waals surface area contributed by atoms with E-state index in [4.69, 9.17) is 4.42 Å². The standard InChI is InChI=1S/C19H11N3O5/c23-10-12-6-8-17(27-12)15-7-5-11(9-16(15)22(25)26)18-13-3-1-2-4-14(13)19(24)21-20-18/h1-10H,(H,21,24). The van der Waals surface area contributed by atoms with Gasteiger partial charge in [0.15, 0.2) is 12.0 Å². The third kappa shape index (κ3) is 2.78. The quantitative estimate of drug-likeness (QED) is 0.337. The number of furan rings is 1. The van der Waals surface area contributed by atoms with Crippen molar-refractivity contribution in [1.82, 2.24) is 10.2 Å². The van der Waals surface area contributed by atoms with Crippen molar-refractivity contribution < 1.29 is 14.1 Å². The normalized spacial score (nSPS) is 10.8. The number of hydrogen-bond acceptors (Lipinski definition) is 6. The fraction of sp³-hybridized carbons (Fsp3) is 0. The van der Waals surface area contributed by atoms with Gasteiger partial charge in [-0.05, 0) is 24.3 Å². The highest BCUT2D eigenvalue weighted by atomic mass is 16.6. The van der Waals surface area contributed by atoms with Crippen molar-refractivity contribution in [3.05, 3.63) is 80.8 Å². The van der Waals surface area contributed by atoms with E-state index in [2.05, 4.69) is 10.2 Å². The van der Waals surface area contributed by atoms with E-state index < -0.39 is 4.92 Å². The number of benzene rings is 2. The number of H-pyrrole nitrogens is 1. The lowest BCUT2D eigenvalue weighted by atomic mass is 10.0. The molecule has 0 aliphatic carbocycles. The Morgan fingerprint density at radius 2 is 1.85 bits per heavy atom. The number of hydrogen-bond donors (Lipinski definition) is 1. The van der Waals surface area contributed by atoms with E-state index in [1.807, 2.05) is 0 Å². The summed E-state index contributed by atoms with van der Waals surface area (Å²) in [5.74, 6) is 0.298. The summed E-state index contributed by atoms with van der Waals surface area (Å²) in [6.07, 6.45) is 0.528.